The normalized spacial score (nSPS) is 16.2. The van der Waals surface area contributed by atoms with E-state index in [4.69, 9.17) is 11.6 Å². The highest BCUT2D eigenvalue weighted by Crippen LogP contribution is 2.27. The number of piperazine rings is 1. The highest BCUT2D eigenvalue weighted by atomic mass is 35.5. The Morgan fingerprint density at radius 2 is 1.56 bits per heavy atom. The van der Waals surface area contributed by atoms with E-state index in [-0.39, 0.29) is 0 Å². The lowest BCUT2D eigenvalue weighted by atomic mass is 10.1. The summed E-state index contributed by atoms with van der Waals surface area (Å²) in [5.74, 6) is 0. The molecule has 1 fully saturated rings. The Morgan fingerprint density at radius 1 is 0.880 bits per heavy atom. The SMILES string of the molecule is Cc1ccc(C)c(S(=O)(=O)N2CCN(c3ccc(Cl)cc3C)CC2)c1. The molecule has 2 aromatic carbocycles. The quantitative estimate of drug-likeness (QED) is 0.816. The van der Waals surface area contributed by atoms with Crippen molar-refractivity contribution in [1.82, 2.24) is 4.31 Å². The zero-order valence-electron chi connectivity index (χ0n) is 14.8. The Bertz CT molecular complexity index is 888. The van der Waals surface area contributed by atoms with E-state index >= 15 is 0 Å². The van der Waals surface area contributed by atoms with E-state index in [1.807, 2.05) is 51.1 Å². The van der Waals surface area contributed by atoms with Gasteiger partial charge in [0.25, 0.3) is 0 Å². The molecule has 25 heavy (non-hydrogen) atoms. The Balaban J connectivity index is 1.78. The topological polar surface area (TPSA) is 40.6 Å². The van der Waals surface area contributed by atoms with E-state index < -0.39 is 10.0 Å². The minimum absolute atomic E-state index is 0.420. The van der Waals surface area contributed by atoms with Gasteiger partial charge in [0, 0.05) is 36.9 Å². The van der Waals surface area contributed by atoms with Gasteiger partial charge in [0.05, 0.1) is 4.90 Å². The van der Waals surface area contributed by atoms with Crippen molar-refractivity contribution >= 4 is 27.3 Å². The van der Waals surface area contributed by atoms with Crippen LogP contribution in [-0.2, 0) is 10.0 Å². The summed E-state index contributed by atoms with van der Waals surface area (Å²) in [5.41, 5.74) is 3.98. The summed E-state index contributed by atoms with van der Waals surface area (Å²) in [6.07, 6.45) is 0. The van der Waals surface area contributed by atoms with Crippen molar-refractivity contribution in [2.45, 2.75) is 25.7 Å². The van der Waals surface area contributed by atoms with Crippen LogP contribution in [0.25, 0.3) is 0 Å². The molecule has 134 valence electrons. The zero-order valence-corrected chi connectivity index (χ0v) is 16.4. The molecule has 0 bridgehead atoms. The van der Waals surface area contributed by atoms with Gasteiger partial charge < -0.3 is 4.90 Å². The Labute approximate surface area is 155 Å². The van der Waals surface area contributed by atoms with Gasteiger partial charge in [-0.05, 0) is 61.7 Å². The van der Waals surface area contributed by atoms with Crippen LogP contribution in [0.4, 0.5) is 5.69 Å². The first kappa shape index (κ1) is 18.2. The number of nitrogens with zero attached hydrogens (tertiary/aromatic N) is 2. The largest absolute Gasteiger partial charge is 0.369 e. The molecule has 0 saturated carbocycles. The third kappa shape index (κ3) is 3.68. The molecule has 6 heteroatoms. The molecule has 4 nitrogen and oxygen atoms in total. The van der Waals surface area contributed by atoms with Crippen LogP contribution < -0.4 is 4.90 Å². The van der Waals surface area contributed by atoms with Gasteiger partial charge in [-0.3, -0.25) is 0 Å². The minimum Gasteiger partial charge on any atom is -0.369 e. The molecular weight excluding hydrogens is 356 g/mol. The van der Waals surface area contributed by atoms with Crippen molar-refractivity contribution in [3.8, 4) is 0 Å². The van der Waals surface area contributed by atoms with Crippen LogP contribution in [0.15, 0.2) is 41.3 Å². The summed E-state index contributed by atoms with van der Waals surface area (Å²) in [7, 11) is -3.45. The van der Waals surface area contributed by atoms with Crippen molar-refractivity contribution in [2.24, 2.45) is 0 Å². The maximum Gasteiger partial charge on any atom is 0.243 e. The van der Waals surface area contributed by atoms with Gasteiger partial charge in [-0.25, -0.2) is 8.42 Å². The summed E-state index contributed by atoms with van der Waals surface area (Å²) in [4.78, 5) is 2.64. The number of sulfonamides is 1. The average molecular weight is 379 g/mol. The van der Waals surface area contributed by atoms with Crippen molar-refractivity contribution < 1.29 is 8.42 Å². The minimum atomic E-state index is -3.45. The summed E-state index contributed by atoms with van der Waals surface area (Å²) < 4.78 is 27.6. The van der Waals surface area contributed by atoms with Crippen LogP contribution in [-0.4, -0.2) is 38.9 Å². The van der Waals surface area contributed by atoms with Crippen molar-refractivity contribution in [1.29, 1.82) is 0 Å². The van der Waals surface area contributed by atoms with Crippen LogP contribution in [0.2, 0.25) is 5.02 Å². The second-order valence-electron chi connectivity index (χ2n) is 6.59. The lowest BCUT2D eigenvalue weighted by Crippen LogP contribution is -2.49. The number of anilines is 1. The van der Waals surface area contributed by atoms with Gasteiger partial charge in [-0.15, -0.1) is 0 Å². The van der Waals surface area contributed by atoms with Gasteiger partial charge in [0.2, 0.25) is 10.0 Å². The van der Waals surface area contributed by atoms with E-state index in [1.54, 1.807) is 10.4 Å². The maximum absolute atomic E-state index is 13.0. The number of halogens is 1. The van der Waals surface area contributed by atoms with Crippen molar-refractivity contribution in [3.05, 3.63) is 58.1 Å². The fourth-order valence-corrected chi connectivity index (χ4v) is 5.23. The predicted molar refractivity (Wildman–Crippen MR) is 103 cm³/mol. The molecule has 0 N–H and O–H groups in total. The number of hydrogen-bond acceptors (Lipinski definition) is 3. The molecule has 1 heterocycles. The molecule has 0 spiro atoms. The summed E-state index contributed by atoms with van der Waals surface area (Å²) in [6, 6.07) is 11.4. The van der Waals surface area contributed by atoms with Crippen LogP contribution in [0.3, 0.4) is 0 Å². The fraction of sp³-hybridized carbons (Fsp3) is 0.368. The van der Waals surface area contributed by atoms with Gasteiger partial charge in [-0.1, -0.05) is 23.7 Å². The van der Waals surface area contributed by atoms with Crippen LogP contribution in [0, 0.1) is 20.8 Å². The van der Waals surface area contributed by atoms with Gasteiger partial charge in [0.1, 0.15) is 0 Å². The standard InChI is InChI=1S/C19H23ClN2O2S/c1-14-4-5-15(2)19(12-14)25(23,24)22-10-8-21(9-11-22)18-7-6-17(20)13-16(18)3/h4-7,12-13H,8-11H2,1-3H3. The van der Waals surface area contributed by atoms with Crippen LogP contribution in [0.5, 0.6) is 0 Å². The van der Waals surface area contributed by atoms with Crippen molar-refractivity contribution in [3.63, 3.8) is 0 Å². The first-order chi connectivity index (χ1) is 11.8. The van der Waals surface area contributed by atoms with E-state index in [9.17, 15) is 8.42 Å². The zero-order chi connectivity index (χ0) is 18.2. The van der Waals surface area contributed by atoms with Gasteiger partial charge in [0.15, 0.2) is 0 Å². The second kappa shape index (κ2) is 6.98. The third-order valence-corrected chi connectivity index (χ3v) is 6.98. The Hall–Kier alpha value is -1.56. The molecule has 1 saturated heterocycles. The third-order valence-electron chi connectivity index (χ3n) is 4.70. The van der Waals surface area contributed by atoms with Crippen LogP contribution in [0.1, 0.15) is 16.7 Å². The Kier molecular flexibility index (Phi) is 5.09. The Morgan fingerprint density at radius 3 is 2.20 bits per heavy atom. The first-order valence-corrected chi connectivity index (χ1v) is 10.2. The number of rotatable bonds is 3. The molecule has 3 rings (SSSR count). The van der Waals surface area contributed by atoms with E-state index in [0.717, 1.165) is 27.4 Å². The predicted octanol–water partition coefficient (Wildman–Crippen LogP) is 3.78. The van der Waals surface area contributed by atoms with Gasteiger partial charge in [-0.2, -0.15) is 4.31 Å². The molecule has 0 aromatic heterocycles. The second-order valence-corrected chi connectivity index (χ2v) is 8.93. The molecule has 1 aliphatic heterocycles. The molecule has 1 aliphatic rings. The van der Waals surface area contributed by atoms with E-state index in [1.165, 1.54) is 0 Å². The first-order valence-electron chi connectivity index (χ1n) is 8.37. The molecule has 0 unspecified atom stereocenters. The molecule has 0 amide bonds. The average Bonchev–Trinajstić information content (AvgIpc) is 2.57. The monoisotopic (exact) mass is 378 g/mol. The van der Waals surface area contributed by atoms with Crippen LogP contribution >= 0.6 is 11.6 Å². The summed E-state index contributed by atoms with van der Waals surface area (Å²) >= 11 is 6.03. The molecule has 0 radical (unpaired) electrons. The number of aryl methyl sites for hydroxylation is 3. The molecule has 0 aliphatic carbocycles. The molecule has 0 atom stereocenters. The van der Waals surface area contributed by atoms with E-state index in [0.29, 0.717) is 31.1 Å². The highest BCUT2D eigenvalue weighted by molar-refractivity contribution is 7.89. The molecule has 2 aromatic rings. The summed E-state index contributed by atoms with van der Waals surface area (Å²) in [6.45, 7) is 8.11. The lowest BCUT2D eigenvalue weighted by molar-refractivity contribution is 0.384. The van der Waals surface area contributed by atoms with Crippen molar-refractivity contribution in [2.75, 3.05) is 31.1 Å². The summed E-state index contributed by atoms with van der Waals surface area (Å²) in [5, 5.41) is 0.720. The fourth-order valence-electron chi connectivity index (χ4n) is 3.27. The number of benzene rings is 2. The van der Waals surface area contributed by atoms with E-state index in [2.05, 4.69) is 4.90 Å². The highest BCUT2D eigenvalue weighted by Gasteiger charge is 2.30. The van der Waals surface area contributed by atoms with Gasteiger partial charge >= 0.3 is 0 Å². The smallest absolute Gasteiger partial charge is 0.243 e. The lowest BCUT2D eigenvalue weighted by Gasteiger charge is -2.36. The maximum atomic E-state index is 13.0. The number of hydrogen-bond donors (Lipinski definition) is 0. The molecular formula is C19H23ClN2O2S.